The van der Waals surface area contributed by atoms with Crippen LogP contribution in [-0.2, 0) is 21.0 Å². The van der Waals surface area contributed by atoms with Crippen molar-refractivity contribution in [3.63, 3.8) is 0 Å². The molecule has 1 amide bonds. The summed E-state index contributed by atoms with van der Waals surface area (Å²) < 4.78 is 73.6. The van der Waals surface area contributed by atoms with E-state index in [1.165, 1.54) is 18.2 Å². The maximum atomic E-state index is 13.7. The topological polar surface area (TPSA) is 75.7 Å². The number of ether oxygens (including phenoxy) is 1. The van der Waals surface area contributed by atoms with Gasteiger partial charge in [0.15, 0.2) is 0 Å². The molecule has 4 aromatic carbocycles. The van der Waals surface area contributed by atoms with Crippen LogP contribution in [0.1, 0.15) is 12.5 Å². The fourth-order valence-corrected chi connectivity index (χ4v) is 5.19. The second-order valence-electron chi connectivity index (χ2n) is 8.07. The van der Waals surface area contributed by atoms with Gasteiger partial charge < -0.3 is 10.1 Å². The number of nitrogens with zero attached hydrogens (tertiary/aromatic N) is 1. The molecule has 4 aromatic rings. The SMILES string of the molecule is CCOc1ccc(NC(=O)CN(c2cccc(C(F)(F)F)c2)S(=O)(=O)c2ccc3ccccc3c2)cc1. The average molecular weight is 529 g/mol. The summed E-state index contributed by atoms with van der Waals surface area (Å²) in [6.07, 6.45) is -4.70. The lowest BCUT2D eigenvalue weighted by Gasteiger charge is -2.25. The van der Waals surface area contributed by atoms with E-state index >= 15 is 0 Å². The van der Waals surface area contributed by atoms with E-state index in [4.69, 9.17) is 4.74 Å². The van der Waals surface area contributed by atoms with Gasteiger partial charge in [0.25, 0.3) is 10.0 Å². The Bertz CT molecular complexity index is 1520. The molecule has 0 heterocycles. The molecule has 0 bridgehead atoms. The van der Waals surface area contributed by atoms with Crippen molar-refractivity contribution in [1.82, 2.24) is 0 Å². The summed E-state index contributed by atoms with van der Waals surface area (Å²) in [6.45, 7) is 1.54. The van der Waals surface area contributed by atoms with Gasteiger partial charge in [-0.25, -0.2) is 8.42 Å². The van der Waals surface area contributed by atoms with Gasteiger partial charge >= 0.3 is 6.18 Å². The van der Waals surface area contributed by atoms with E-state index in [2.05, 4.69) is 5.32 Å². The van der Waals surface area contributed by atoms with Gasteiger partial charge in [0.05, 0.1) is 22.8 Å². The van der Waals surface area contributed by atoms with Crippen LogP contribution in [0.3, 0.4) is 0 Å². The van der Waals surface area contributed by atoms with Gasteiger partial charge in [-0.15, -0.1) is 0 Å². The summed E-state index contributed by atoms with van der Waals surface area (Å²) in [6, 6.07) is 21.8. The first kappa shape index (κ1) is 26.0. The lowest BCUT2D eigenvalue weighted by atomic mass is 10.1. The summed E-state index contributed by atoms with van der Waals surface area (Å²) in [7, 11) is -4.42. The maximum Gasteiger partial charge on any atom is 0.416 e. The number of benzene rings is 4. The number of fused-ring (bicyclic) bond motifs is 1. The molecule has 0 radical (unpaired) electrons. The molecule has 0 aliphatic heterocycles. The largest absolute Gasteiger partial charge is 0.494 e. The number of nitrogens with one attached hydrogen (secondary N) is 1. The summed E-state index contributed by atoms with van der Waals surface area (Å²) in [4.78, 5) is 12.8. The molecule has 10 heteroatoms. The van der Waals surface area contributed by atoms with Crippen LogP contribution in [0.25, 0.3) is 10.8 Å². The Morgan fingerprint density at radius 1 is 0.892 bits per heavy atom. The zero-order valence-corrected chi connectivity index (χ0v) is 20.5. The van der Waals surface area contributed by atoms with Gasteiger partial charge in [-0.1, -0.05) is 36.4 Å². The number of alkyl halides is 3. The van der Waals surface area contributed by atoms with E-state index < -0.39 is 34.2 Å². The molecule has 6 nitrogen and oxygen atoms in total. The fourth-order valence-electron chi connectivity index (χ4n) is 3.74. The van der Waals surface area contributed by atoms with Crippen molar-refractivity contribution in [2.45, 2.75) is 18.0 Å². The summed E-state index contributed by atoms with van der Waals surface area (Å²) in [5.41, 5.74) is -0.944. The lowest BCUT2D eigenvalue weighted by Crippen LogP contribution is -2.38. The molecule has 0 fully saturated rings. The zero-order valence-electron chi connectivity index (χ0n) is 19.7. The number of sulfonamides is 1. The van der Waals surface area contributed by atoms with E-state index in [9.17, 15) is 26.4 Å². The smallest absolute Gasteiger partial charge is 0.416 e. The van der Waals surface area contributed by atoms with Gasteiger partial charge in [0.1, 0.15) is 12.3 Å². The highest BCUT2D eigenvalue weighted by molar-refractivity contribution is 7.92. The Labute approximate surface area is 212 Å². The molecule has 0 unspecified atom stereocenters. The minimum absolute atomic E-state index is 0.155. The van der Waals surface area contributed by atoms with Gasteiger partial charge in [-0.05, 0) is 72.3 Å². The molecule has 4 rings (SSSR count). The quantitative estimate of drug-likeness (QED) is 0.300. The number of hydrogen-bond acceptors (Lipinski definition) is 4. The van der Waals surface area contributed by atoms with E-state index in [1.54, 1.807) is 54.6 Å². The Morgan fingerprint density at radius 2 is 1.59 bits per heavy atom. The third-order valence-electron chi connectivity index (χ3n) is 5.51. The summed E-state index contributed by atoms with van der Waals surface area (Å²) in [5.74, 6) is -0.143. The maximum absolute atomic E-state index is 13.7. The minimum Gasteiger partial charge on any atom is -0.494 e. The van der Waals surface area contributed by atoms with Gasteiger partial charge in [0.2, 0.25) is 5.91 Å². The molecule has 0 spiro atoms. The van der Waals surface area contributed by atoms with Crippen molar-refractivity contribution >= 4 is 38.1 Å². The van der Waals surface area contributed by atoms with Crippen LogP contribution in [0, 0.1) is 0 Å². The van der Waals surface area contributed by atoms with Crippen LogP contribution in [0.2, 0.25) is 0 Å². The number of anilines is 2. The Hall–Kier alpha value is -4.05. The lowest BCUT2D eigenvalue weighted by molar-refractivity contribution is -0.137. The summed E-state index contributed by atoms with van der Waals surface area (Å²) in [5, 5.41) is 4.01. The predicted octanol–water partition coefficient (Wildman–Crippen LogP) is 6.09. The van der Waals surface area contributed by atoms with Crippen molar-refractivity contribution in [2.75, 3.05) is 22.8 Å². The number of rotatable bonds is 8. The van der Waals surface area contributed by atoms with Gasteiger partial charge in [-0.2, -0.15) is 13.2 Å². The van der Waals surface area contributed by atoms with Crippen molar-refractivity contribution in [3.05, 3.63) is 96.6 Å². The van der Waals surface area contributed by atoms with Crippen LogP contribution in [0.15, 0.2) is 95.9 Å². The molecule has 37 heavy (non-hydrogen) atoms. The molecule has 0 saturated heterocycles. The first-order valence-electron chi connectivity index (χ1n) is 11.3. The van der Waals surface area contributed by atoms with Crippen molar-refractivity contribution in [3.8, 4) is 5.75 Å². The molecule has 0 aliphatic carbocycles. The van der Waals surface area contributed by atoms with Crippen LogP contribution in [-0.4, -0.2) is 27.5 Å². The van der Waals surface area contributed by atoms with Crippen LogP contribution in [0.5, 0.6) is 5.75 Å². The van der Waals surface area contributed by atoms with Gasteiger partial charge in [0, 0.05) is 5.69 Å². The number of halogens is 3. The molecule has 0 saturated carbocycles. The molecule has 0 aliphatic rings. The third kappa shape index (κ3) is 6.03. The van der Waals surface area contributed by atoms with Crippen molar-refractivity contribution in [1.29, 1.82) is 0 Å². The second kappa shape index (κ2) is 10.5. The average Bonchev–Trinajstić information content (AvgIpc) is 2.88. The highest BCUT2D eigenvalue weighted by atomic mass is 32.2. The number of carbonyl (C=O) groups is 1. The van der Waals surface area contributed by atoms with Gasteiger partial charge in [-0.3, -0.25) is 9.10 Å². The number of carbonyl (C=O) groups excluding carboxylic acids is 1. The van der Waals surface area contributed by atoms with Crippen molar-refractivity contribution < 1.29 is 31.1 Å². The van der Waals surface area contributed by atoms with Crippen molar-refractivity contribution in [2.24, 2.45) is 0 Å². The van der Waals surface area contributed by atoms with E-state index in [0.717, 1.165) is 17.5 Å². The predicted molar refractivity (Wildman–Crippen MR) is 136 cm³/mol. The van der Waals surface area contributed by atoms with E-state index in [-0.39, 0.29) is 10.6 Å². The van der Waals surface area contributed by atoms with E-state index in [0.29, 0.717) is 33.8 Å². The molecule has 0 atom stereocenters. The fraction of sp³-hybridized carbons (Fsp3) is 0.148. The first-order chi connectivity index (χ1) is 17.6. The summed E-state index contributed by atoms with van der Waals surface area (Å²) >= 11 is 0. The normalized spacial score (nSPS) is 11.8. The standard InChI is InChI=1S/C27H23F3N2O4S/c1-2-36-24-13-11-22(12-14-24)31-26(33)18-32(23-9-5-8-21(17-23)27(28,29)30)37(34,35)25-15-10-19-6-3-4-7-20(19)16-25/h3-17H,2,18H2,1H3,(H,31,33). The molecule has 1 N–H and O–H groups in total. The first-order valence-corrected chi connectivity index (χ1v) is 12.7. The van der Waals surface area contributed by atoms with Crippen LogP contribution in [0.4, 0.5) is 24.5 Å². The highest BCUT2D eigenvalue weighted by Gasteiger charge is 2.33. The number of amides is 1. The molecular formula is C27H23F3N2O4S. The number of hydrogen-bond donors (Lipinski definition) is 1. The third-order valence-corrected chi connectivity index (χ3v) is 7.28. The minimum atomic E-state index is -4.70. The van der Waals surface area contributed by atoms with Crippen LogP contribution < -0.4 is 14.4 Å². The second-order valence-corrected chi connectivity index (χ2v) is 9.94. The highest BCUT2D eigenvalue weighted by Crippen LogP contribution is 2.33. The molecule has 192 valence electrons. The Kier molecular flexibility index (Phi) is 7.40. The molecule has 0 aromatic heterocycles. The Balaban J connectivity index is 1.70. The molecular weight excluding hydrogens is 505 g/mol. The zero-order chi connectivity index (χ0) is 26.6. The van der Waals surface area contributed by atoms with Crippen LogP contribution >= 0.6 is 0 Å². The van der Waals surface area contributed by atoms with E-state index in [1.807, 2.05) is 6.92 Å². The Morgan fingerprint density at radius 3 is 2.27 bits per heavy atom. The monoisotopic (exact) mass is 528 g/mol.